The van der Waals surface area contributed by atoms with Gasteiger partial charge >= 0.3 is 0 Å². The summed E-state index contributed by atoms with van der Waals surface area (Å²) < 4.78 is 15.5. The summed E-state index contributed by atoms with van der Waals surface area (Å²) in [7, 11) is 0. The van der Waals surface area contributed by atoms with Gasteiger partial charge in [0.2, 0.25) is 0 Å². The number of hydrogen-bond donors (Lipinski definition) is 1. The first-order valence-corrected chi connectivity index (χ1v) is 6.50. The van der Waals surface area contributed by atoms with E-state index in [1.54, 1.807) is 12.3 Å². The summed E-state index contributed by atoms with van der Waals surface area (Å²) in [4.78, 5) is 3.72. The van der Waals surface area contributed by atoms with E-state index in [-0.39, 0.29) is 5.82 Å². The molecule has 2 heterocycles. The maximum Gasteiger partial charge on any atom is 0.146 e. The van der Waals surface area contributed by atoms with Crippen LogP contribution >= 0.6 is 0 Å². The standard InChI is InChI=1S/C14H19FN4/c1-3-10(2)19-7-5-11(18-19)8-14(16)12-4-6-17-9-13(12)15/h4-7,9-10,14H,3,8,16H2,1-2H3. The molecule has 102 valence electrons. The van der Waals surface area contributed by atoms with Crippen LogP contribution in [-0.4, -0.2) is 14.8 Å². The van der Waals surface area contributed by atoms with Crippen LogP contribution < -0.4 is 5.73 Å². The minimum Gasteiger partial charge on any atom is -0.324 e. The number of nitrogens with zero attached hydrogens (tertiary/aromatic N) is 3. The second-order valence-corrected chi connectivity index (χ2v) is 4.75. The zero-order chi connectivity index (χ0) is 13.8. The lowest BCUT2D eigenvalue weighted by atomic mass is 10.0. The molecule has 2 unspecified atom stereocenters. The van der Waals surface area contributed by atoms with Gasteiger partial charge in [0.05, 0.1) is 11.9 Å². The third kappa shape index (κ3) is 3.17. The Kier molecular flexibility index (Phi) is 4.27. The molecule has 4 nitrogen and oxygen atoms in total. The van der Waals surface area contributed by atoms with Crippen molar-refractivity contribution in [1.82, 2.24) is 14.8 Å². The van der Waals surface area contributed by atoms with Gasteiger partial charge in [-0.1, -0.05) is 6.92 Å². The number of halogens is 1. The fourth-order valence-electron chi connectivity index (χ4n) is 1.94. The molecule has 0 spiro atoms. The van der Waals surface area contributed by atoms with E-state index in [1.807, 2.05) is 16.9 Å². The van der Waals surface area contributed by atoms with Gasteiger partial charge in [0.15, 0.2) is 0 Å². The Hall–Kier alpha value is -1.75. The number of nitrogens with two attached hydrogens (primary N) is 1. The van der Waals surface area contributed by atoms with Gasteiger partial charge < -0.3 is 5.73 Å². The van der Waals surface area contributed by atoms with Crippen molar-refractivity contribution in [3.8, 4) is 0 Å². The van der Waals surface area contributed by atoms with Gasteiger partial charge in [-0.2, -0.15) is 5.10 Å². The van der Waals surface area contributed by atoms with Crippen LogP contribution in [0.25, 0.3) is 0 Å². The molecule has 0 saturated carbocycles. The highest BCUT2D eigenvalue weighted by molar-refractivity contribution is 5.19. The maximum atomic E-state index is 13.6. The van der Waals surface area contributed by atoms with E-state index < -0.39 is 6.04 Å². The van der Waals surface area contributed by atoms with Crippen LogP contribution in [-0.2, 0) is 6.42 Å². The lowest BCUT2D eigenvalue weighted by Crippen LogP contribution is -2.16. The number of hydrogen-bond acceptors (Lipinski definition) is 3. The molecule has 2 aromatic heterocycles. The van der Waals surface area contributed by atoms with Crippen LogP contribution in [0.1, 0.15) is 43.6 Å². The lowest BCUT2D eigenvalue weighted by Gasteiger charge is -2.11. The van der Waals surface area contributed by atoms with E-state index >= 15 is 0 Å². The van der Waals surface area contributed by atoms with Crippen LogP contribution in [0, 0.1) is 5.82 Å². The van der Waals surface area contributed by atoms with Crippen LogP contribution in [0.4, 0.5) is 4.39 Å². The highest BCUT2D eigenvalue weighted by Gasteiger charge is 2.14. The Morgan fingerprint density at radius 2 is 2.21 bits per heavy atom. The summed E-state index contributed by atoms with van der Waals surface area (Å²) in [5.41, 5.74) is 7.39. The quantitative estimate of drug-likeness (QED) is 0.901. The summed E-state index contributed by atoms with van der Waals surface area (Å²) in [6, 6.07) is 3.52. The smallest absolute Gasteiger partial charge is 0.146 e. The van der Waals surface area contributed by atoms with E-state index in [1.165, 1.54) is 6.20 Å². The predicted molar refractivity (Wildman–Crippen MR) is 72.1 cm³/mol. The van der Waals surface area contributed by atoms with Crippen molar-refractivity contribution in [2.45, 2.75) is 38.8 Å². The molecule has 0 saturated heterocycles. The number of aromatic nitrogens is 3. The van der Waals surface area contributed by atoms with Crippen LogP contribution in [0.2, 0.25) is 0 Å². The van der Waals surface area contributed by atoms with Crippen molar-refractivity contribution in [2.75, 3.05) is 0 Å². The van der Waals surface area contributed by atoms with E-state index in [9.17, 15) is 4.39 Å². The minimum atomic E-state index is -0.400. The molecule has 0 aliphatic heterocycles. The Labute approximate surface area is 112 Å². The molecule has 0 radical (unpaired) electrons. The Morgan fingerprint density at radius 1 is 1.42 bits per heavy atom. The molecule has 5 heteroatoms. The summed E-state index contributed by atoms with van der Waals surface area (Å²) >= 11 is 0. The fraction of sp³-hybridized carbons (Fsp3) is 0.429. The van der Waals surface area contributed by atoms with Gasteiger partial charge in [-0.15, -0.1) is 0 Å². The summed E-state index contributed by atoms with van der Waals surface area (Å²) in [6.45, 7) is 4.23. The molecule has 2 aromatic rings. The molecular weight excluding hydrogens is 243 g/mol. The normalized spacial score (nSPS) is 14.3. The maximum absolute atomic E-state index is 13.6. The highest BCUT2D eigenvalue weighted by atomic mass is 19.1. The van der Waals surface area contributed by atoms with Crippen molar-refractivity contribution >= 4 is 0 Å². The van der Waals surface area contributed by atoms with Crippen molar-refractivity contribution in [3.05, 3.63) is 47.8 Å². The van der Waals surface area contributed by atoms with E-state index in [0.29, 0.717) is 18.0 Å². The third-order valence-corrected chi connectivity index (χ3v) is 3.34. The molecule has 0 aliphatic carbocycles. The van der Waals surface area contributed by atoms with Gasteiger partial charge in [-0.25, -0.2) is 4.39 Å². The number of rotatable bonds is 5. The van der Waals surface area contributed by atoms with Crippen LogP contribution in [0.5, 0.6) is 0 Å². The Morgan fingerprint density at radius 3 is 2.89 bits per heavy atom. The zero-order valence-corrected chi connectivity index (χ0v) is 11.3. The molecule has 0 aliphatic rings. The van der Waals surface area contributed by atoms with Crippen LogP contribution in [0.15, 0.2) is 30.7 Å². The average Bonchev–Trinajstić information content (AvgIpc) is 2.86. The Balaban J connectivity index is 2.09. The minimum absolute atomic E-state index is 0.364. The van der Waals surface area contributed by atoms with E-state index in [0.717, 1.165) is 12.1 Å². The Bertz CT molecular complexity index is 538. The summed E-state index contributed by atoms with van der Waals surface area (Å²) in [5, 5.41) is 4.47. The monoisotopic (exact) mass is 262 g/mol. The second kappa shape index (κ2) is 5.93. The predicted octanol–water partition coefficient (Wildman–Crippen LogP) is 2.63. The molecule has 2 rings (SSSR count). The first-order valence-electron chi connectivity index (χ1n) is 6.50. The fourth-order valence-corrected chi connectivity index (χ4v) is 1.94. The molecule has 2 atom stereocenters. The van der Waals surface area contributed by atoms with Crippen molar-refractivity contribution in [1.29, 1.82) is 0 Å². The molecule has 0 bridgehead atoms. The van der Waals surface area contributed by atoms with E-state index in [2.05, 4.69) is 23.9 Å². The molecular formula is C14H19FN4. The summed E-state index contributed by atoms with van der Waals surface area (Å²) in [6.07, 6.45) is 6.22. The van der Waals surface area contributed by atoms with Crippen molar-refractivity contribution < 1.29 is 4.39 Å². The first kappa shape index (κ1) is 13.7. The molecule has 2 N–H and O–H groups in total. The topological polar surface area (TPSA) is 56.7 Å². The largest absolute Gasteiger partial charge is 0.324 e. The lowest BCUT2D eigenvalue weighted by molar-refractivity contribution is 0.471. The van der Waals surface area contributed by atoms with Gasteiger partial charge in [-0.3, -0.25) is 9.67 Å². The summed E-state index contributed by atoms with van der Waals surface area (Å²) in [5.74, 6) is -0.364. The molecule has 19 heavy (non-hydrogen) atoms. The molecule has 0 aromatic carbocycles. The average molecular weight is 262 g/mol. The van der Waals surface area contributed by atoms with Crippen LogP contribution in [0.3, 0.4) is 0 Å². The first-order chi connectivity index (χ1) is 9.11. The highest BCUT2D eigenvalue weighted by Crippen LogP contribution is 2.18. The molecule has 0 amide bonds. The van der Waals surface area contributed by atoms with Gasteiger partial charge in [-0.05, 0) is 25.5 Å². The van der Waals surface area contributed by atoms with Crippen molar-refractivity contribution in [3.63, 3.8) is 0 Å². The number of pyridine rings is 1. The van der Waals surface area contributed by atoms with Gasteiger partial charge in [0, 0.05) is 36.5 Å². The van der Waals surface area contributed by atoms with E-state index in [4.69, 9.17) is 5.73 Å². The van der Waals surface area contributed by atoms with Crippen molar-refractivity contribution in [2.24, 2.45) is 5.73 Å². The third-order valence-electron chi connectivity index (χ3n) is 3.34. The second-order valence-electron chi connectivity index (χ2n) is 4.75. The van der Waals surface area contributed by atoms with Gasteiger partial charge in [0.1, 0.15) is 5.82 Å². The zero-order valence-electron chi connectivity index (χ0n) is 11.3. The van der Waals surface area contributed by atoms with Gasteiger partial charge in [0.25, 0.3) is 0 Å². The SMILES string of the molecule is CCC(C)n1ccc(CC(N)c2ccncc2F)n1. The molecule has 0 fully saturated rings.